The lowest BCUT2D eigenvalue weighted by Gasteiger charge is -2.17. The van der Waals surface area contributed by atoms with Gasteiger partial charge in [-0.1, -0.05) is 121 Å². The molecule has 0 saturated carbocycles. The molecule has 0 radical (unpaired) electrons. The van der Waals surface area contributed by atoms with E-state index in [1.807, 2.05) is 11.3 Å². The number of benzene rings is 8. The molecule has 0 aliphatic carbocycles. The number of thiophene rings is 1. The maximum atomic E-state index is 3.86. The minimum Gasteiger partial charge on any atom is -0.355 e. The first-order valence-corrected chi connectivity index (χ1v) is 15.8. The normalized spacial score (nSPS) is 11.6. The van der Waals surface area contributed by atoms with Crippen molar-refractivity contribution in [3.05, 3.63) is 158 Å². The van der Waals surface area contributed by atoms with Crippen molar-refractivity contribution in [3.63, 3.8) is 0 Å². The lowest BCUT2D eigenvalue weighted by molar-refractivity contribution is 1.55. The minimum absolute atomic E-state index is 1.07. The number of hydrogen-bond donors (Lipinski definition) is 1. The highest BCUT2D eigenvalue weighted by molar-refractivity contribution is 7.25. The van der Waals surface area contributed by atoms with Crippen molar-refractivity contribution < 1.29 is 0 Å². The van der Waals surface area contributed by atoms with Gasteiger partial charge >= 0.3 is 0 Å². The maximum Gasteiger partial charge on any atom is 0.0470 e. The zero-order valence-corrected chi connectivity index (χ0v) is 24.7. The molecule has 1 nitrogen and oxygen atoms in total. The summed E-state index contributed by atoms with van der Waals surface area (Å²) in [7, 11) is 0. The van der Waals surface area contributed by atoms with Crippen LogP contribution < -0.4 is 5.32 Å². The predicted molar refractivity (Wildman–Crippen MR) is 192 cm³/mol. The van der Waals surface area contributed by atoms with E-state index in [4.69, 9.17) is 0 Å². The van der Waals surface area contributed by atoms with E-state index in [-0.39, 0.29) is 0 Å². The lowest BCUT2D eigenvalue weighted by Crippen LogP contribution is -1.95. The molecule has 0 aliphatic heterocycles. The Morgan fingerprint density at radius 2 is 1.09 bits per heavy atom. The Balaban J connectivity index is 1.31. The van der Waals surface area contributed by atoms with Crippen LogP contribution in [0.15, 0.2) is 158 Å². The fourth-order valence-electron chi connectivity index (χ4n) is 6.76. The van der Waals surface area contributed by atoms with Crippen LogP contribution in [0.2, 0.25) is 0 Å². The summed E-state index contributed by atoms with van der Waals surface area (Å²) in [6.45, 7) is 0. The fraction of sp³-hybridized carbons (Fsp3) is 0. The van der Waals surface area contributed by atoms with Crippen molar-refractivity contribution in [1.29, 1.82) is 0 Å². The monoisotopic (exact) mass is 577 g/mol. The molecule has 1 heterocycles. The maximum absolute atomic E-state index is 3.86. The molecule has 9 rings (SSSR count). The summed E-state index contributed by atoms with van der Waals surface area (Å²) in [6, 6.07) is 57.4. The molecule has 8 aromatic carbocycles. The van der Waals surface area contributed by atoms with Crippen LogP contribution in [0.1, 0.15) is 0 Å². The highest BCUT2D eigenvalue weighted by Gasteiger charge is 2.16. The van der Waals surface area contributed by atoms with Gasteiger partial charge in [0.2, 0.25) is 0 Å². The van der Waals surface area contributed by atoms with E-state index in [0.717, 1.165) is 11.4 Å². The first-order valence-electron chi connectivity index (χ1n) is 15.0. The topological polar surface area (TPSA) is 12.0 Å². The molecule has 0 aliphatic rings. The third kappa shape index (κ3) is 4.07. The summed E-state index contributed by atoms with van der Waals surface area (Å²) in [5.41, 5.74) is 7.04. The number of anilines is 2. The van der Waals surface area contributed by atoms with Gasteiger partial charge in [-0.05, 0) is 85.4 Å². The highest BCUT2D eigenvalue weighted by Crippen LogP contribution is 2.45. The molecule has 44 heavy (non-hydrogen) atoms. The van der Waals surface area contributed by atoms with Crippen molar-refractivity contribution >= 4 is 75.2 Å². The molecule has 0 spiro atoms. The predicted octanol–water partition coefficient (Wildman–Crippen LogP) is 12.6. The number of hydrogen-bond acceptors (Lipinski definition) is 2. The third-order valence-electron chi connectivity index (χ3n) is 8.82. The van der Waals surface area contributed by atoms with E-state index in [1.165, 1.54) is 74.7 Å². The molecule has 0 unspecified atom stereocenters. The van der Waals surface area contributed by atoms with Gasteiger partial charge in [0.1, 0.15) is 0 Å². The average molecular weight is 578 g/mol. The Kier molecular flexibility index (Phi) is 5.75. The Hall–Kier alpha value is -5.44. The second kappa shape index (κ2) is 10.1. The molecule has 1 N–H and O–H groups in total. The summed E-state index contributed by atoms with van der Waals surface area (Å²) in [5, 5.41) is 14.1. The van der Waals surface area contributed by atoms with Crippen LogP contribution >= 0.6 is 11.3 Å². The van der Waals surface area contributed by atoms with Gasteiger partial charge in [0.15, 0.2) is 0 Å². The van der Waals surface area contributed by atoms with Gasteiger partial charge in [0, 0.05) is 37.1 Å². The largest absolute Gasteiger partial charge is 0.355 e. The van der Waals surface area contributed by atoms with Gasteiger partial charge < -0.3 is 5.32 Å². The SMILES string of the molecule is c1ccc(-c2cccc(Nc3cc4ccc5c6ccccc6ccc5c4cc3-c3cccc4sc5ccccc5c34)c2)cc1. The van der Waals surface area contributed by atoms with E-state index in [1.54, 1.807) is 0 Å². The average Bonchev–Trinajstić information content (AvgIpc) is 3.47. The van der Waals surface area contributed by atoms with Crippen LogP contribution in [0.4, 0.5) is 11.4 Å². The zero-order valence-electron chi connectivity index (χ0n) is 23.9. The smallest absolute Gasteiger partial charge is 0.0470 e. The molecule has 206 valence electrons. The van der Waals surface area contributed by atoms with Crippen molar-refractivity contribution in [2.75, 3.05) is 5.32 Å². The lowest BCUT2D eigenvalue weighted by atomic mass is 9.92. The highest BCUT2D eigenvalue weighted by atomic mass is 32.1. The summed E-state index contributed by atoms with van der Waals surface area (Å²) >= 11 is 1.87. The van der Waals surface area contributed by atoms with Gasteiger partial charge in [-0.2, -0.15) is 0 Å². The first kappa shape index (κ1) is 25.1. The van der Waals surface area contributed by atoms with Crippen LogP contribution in [0.25, 0.3) is 74.7 Å². The van der Waals surface area contributed by atoms with E-state index >= 15 is 0 Å². The molecule has 9 aromatic rings. The number of fused-ring (bicyclic) bond motifs is 8. The van der Waals surface area contributed by atoms with Crippen molar-refractivity contribution in [3.8, 4) is 22.3 Å². The molecule has 0 fully saturated rings. The summed E-state index contributed by atoms with van der Waals surface area (Å²) in [5.74, 6) is 0. The van der Waals surface area contributed by atoms with Crippen LogP contribution in [0.5, 0.6) is 0 Å². The fourth-order valence-corrected chi connectivity index (χ4v) is 7.89. The van der Waals surface area contributed by atoms with Gasteiger partial charge in [0.05, 0.1) is 0 Å². The Labute approximate surface area is 259 Å². The van der Waals surface area contributed by atoms with Crippen molar-refractivity contribution in [2.45, 2.75) is 0 Å². The summed E-state index contributed by atoms with van der Waals surface area (Å²) in [4.78, 5) is 0. The standard InChI is InChI=1S/C42H27NS/c1-2-10-27(11-3-1)29-13-8-14-31(24-29)43-39-25-30-21-23-33-32-15-5-4-12-28(32)20-22-34(33)37(30)26-38(39)35-17-9-19-41-42(35)36-16-6-7-18-40(36)44-41/h1-26,43H. The van der Waals surface area contributed by atoms with Crippen molar-refractivity contribution in [1.82, 2.24) is 0 Å². The first-order chi connectivity index (χ1) is 21.8. The molecule has 2 heteroatoms. The van der Waals surface area contributed by atoms with Crippen molar-refractivity contribution in [2.24, 2.45) is 0 Å². The molecule has 0 amide bonds. The molecule has 1 aromatic heterocycles. The van der Waals surface area contributed by atoms with Gasteiger partial charge in [-0.25, -0.2) is 0 Å². The van der Waals surface area contributed by atoms with E-state index in [0.29, 0.717) is 0 Å². The van der Waals surface area contributed by atoms with E-state index in [2.05, 4.69) is 163 Å². The molecular weight excluding hydrogens is 551 g/mol. The minimum atomic E-state index is 1.07. The second-order valence-corrected chi connectivity index (χ2v) is 12.5. The number of nitrogens with one attached hydrogen (secondary N) is 1. The number of rotatable bonds is 4. The van der Waals surface area contributed by atoms with Crippen LogP contribution in [0, 0.1) is 0 Å². The van der Waals surface area contributed by atoms with Crippen LogP contribution in [0.3, 0.4) is 0 Å². The van der Waals surface area contributed by atoms with Crippen LogP contribution in [-0.4, -0.2) is 0 Å². The van der Waals surface area contributed by atoms with E-state index < -0.39 is 0 Å². The Bertz CT molecular complexity index is 2520. The third-order valence-corrected chi connectivity index (χ3v) is 9.96. The molecular formula is C42H27NS. The molecule has 0 bridgehead atoms. The van der Waals surface area contributed by atoms with Gasteiger partial charge in [-0.3, -0.25) is 0 Å². The zero-order chi connectivity index (χ0) is 29.0. The van der Waals surface area contributed by atoms with E-state index in [9.17, 15) is 0 Å². The Morgan fingerprint density at radius 1 is 0.386 bits per heavy atom. The summed E-state index contributed by atoms with van der Waals surface area (Å²) in [6.07, 6.45) is 0. The van der Waals surface area contributed by atoms with Gasteiger partial charge in [0.25, 0.3) is 0 Å². The second-order valence-electron chi connectivity index (χ2n) is 11.4. The molecule has 0 atom stereocenters. The van der Waals surface area contributed by atoms with Crippen LogP contribution in [-0.2, 0) is 0 Å². The Morgan fingerprint density at radius 3 is 2.00 bits per heavy atom. The quantitative estimate of drug-likeness (QED) is 0.205. The molecule has 0 saturated heterocycles. The van der Waals surface area contributed by atoms with Gasteiger partial charge in [-0.15, -0.1) is 11.3 Å². The summed E-state index contributed by atoms with van der Waals surface area (Å²) < 4.78 is 2.63.